The van der Waals surface area contributed by atoms with Crippen LogP contribution in [0.15, 0.2) is 0 Å². The van der Waals surface area contributed by atoms with Gasteiger partial charge in [-0.2, -0.15) is 11.8 Å². The predicted octanol–water partition coefficient (Wildman–Crippen LogP) is 0.484. The van der Waals surface area contributed by atoms with Crippen molar-refractivity contribution in [2.24, 2.45) is 0 Å². The second kappa shape index (κ2) is 1.85. The summed E-state index contributed by atoms with van der Waals surface area (Å²) in [5.74, 6) is 2.11. The summed E-state index contributed by atoms with van der Waals surface area (Å²) < 4.78 is 0. The van der Waals surface area contributed by atoms with Gasteiger partial charge in [0, 0.05) is 5.75 Å². The summed E-state index contributed by atoms with van der Waals surface area (Å²) in [6.07, 6.45) is 1.01. The van der Waals surface area contributed by atoms with Crippen LogP contribution in [-0.4, -0.2) is 22.7 Å². The van der Waals surface area contributed by atoms with E-state index in [4.69, 9.17) is 5.11 Å². The second-order valence-corrected chi connectivity index (χ2v) is 2.67. The third-order valence-corrected chi connectivity index (χ3v) is 2.05. The molecule has 1 saturated heterocycles. The first kappa shape index (κ1) is 4.47. The van der Waals surface area contributed by atoms with Crippen LogP contribution in [-0.2, 0) is 0 Å². The largest absolute Gasteiger partial charge is 0.392 e. The maximum absolute atomic E-state index is 8.71. The fraction of sp³-hybridized carbons (Fsp3) is 1.00. The Balaban J connectivity index is 2.18. The van der Waals surface area contributed by atoms with Gasteiger partial charge in [-0.25, -0.2) is 0 Å². The first-order chi connectivity index (χ1) is 2.89. The molecule has 1 nitrogen and oxygen atoms in total. The van der Waals surface area contributed by atoms with E-state index in [0.717, 1.165) is 17.9 Å². The Bertz CT molecular complexity index is 40.8. The molecule has 1 atom stereocenters. The van der Waals surface area contributed by atoms with E-state index in [1.807, 2.05) is 11.8 Å². The van der Waals surface area contributed by atoms with Gasteiger partial charge in [-0.1, -0.05) is 0 Å². The zero-order valence-corrected chi connectivity index (χ0v) is 4.37. The molecule has 0 aromatic rings. The van der Waals surface area contributed by atoms with E-state index >= 15 is 0 Å². The molecule has 0 spiro atoms. The van der Waals surface area contributed by atoms with Gasteiger partial charge in [0.05, 0.1) is 6.10 Å². The molecule has 0 bridgehead atoms. The van der Waals surface area contributed by atoms with E-state index in [-0.39, 0.29) is 6.10 Å². The third-order valence-electron chi connectivity index (χ3n) is 0.906. The van der Waals surface area contributed by atoms with E-state index in [1.165, 1.54) is 0 Å². The predicted molar refractivity (Wildman–Crippen MR) is 27.9 cm³/mol. The topological polar surface area (TPSA) is 20.2 Å². The minimum atomic E-state index is 0.00926. The number of thioether (sulfide) groups is 1. The molecule has 1 N–H and O–H groups in total. The molecule has 1 fully saturated rings. The van der Waals surface area contributed by atoms with E-state index in [1.54, 1.807) is 0 Å². The fourth-order valence-electron chi connectivity index (χ4n) is 0.522. The van der Waals surface area contributed by atoms with Gasteiger partial charge in [0.15, 0.2) is 0 Å². The van der Waals surface area contributed by atoms with Gasteiger partial charge in [-0.05, 0) is 12.2 Å². The van der Waals surface area contributed by atoms with Crippen LogP contribution in [0.4, 0.5) is 0 Å². The van der Waals surface area contributed by atoms with Gasteiger partial charge in [-0.15, -0.1) is 0 Å². The van der Waals surface area contributed by atoms with Crippen molar-refractivity contribution in [1.29, 1.82) is 0 Å². The molecule has 2 heteroatoms. The van der Waals surface area contributed by atoms with Crippen molar-refractivity contribution in [3.63, 3.8) is 0 Å². The summed E-state index contributed by atoms with van der Waals surface area (Å²) in [6, 6.07) is 0. The molecular weight excluding hydrogens is 96.1 g/mol. The summed E-state index contributed by atoms with van der Waals surface area (Å²) in [7, 11) is 0. The van der Waals surface area contributed by atoms with Crippen LogP contribution in [0.25, 0.3) is 0 Å². The van der Waals surface area contributed by atoms with Crippen LogP contribution in [0.2, 0.25) is 0 Å². The smallest absolute Gasteiger partial charge is 0.0638 e. The van der Waals surface area contributed by atoms with Crippen LogP contribution in [0.5, 0.6) is 0 Å². The summed E-state index contributed by atoms with van der Waals surface area (Å²) in [4.78, 5) is 0. The van der Waals surface area contributed by atoms with E-state index in [2.05, 4.69) is 0 Å². The lowest BCUT2D eigenvalue weighted by Gasteiger charge is -1.90. The van der Waals surface area contributed by atoms with Gasteiger partial charge in [0.2, 0.25) is 0 Å². The molecule has 1 aliphatic rings. The summed E-state index contributed by atoms with van der Waals surface area (Å²) in [5, 5.41) is 8.71. The fourth-order valence-corrected chi connectivity index (χ4v) is 1.57. The minimum Gasteiger partial charge on any atom is -0.392 e. The number of hydrogen-bond donors (Lipinski definition) is 1. The van der Waals surface area contributed by atoms with E-state index in [0.29, 0.717) is 0 Å². The van der Waals surface area contributed by atoms with Crippen molar-refractivity contribution < 1.29 is 5.11 Å². The lowest BCUT2D eigenvalue weighted by molar-refractivity contribution is 0.203. The van der Waals surface area contributed by atoms with Gasteiger partial charge < -0.3 is 5.11 Å². The minimum absolute atomic E-state index is 0.00926. The molecule has 0 unspecified atom stereocenters. The number of aliphatic hydroxyl groups excluding tert-OH is 1. The average Bonchev–Trinajstić information content (AvgIpc) is 1.86. The standard InChI is InChI=1S/C4H8OS/c5-4-1-2-6-3-4/h4-5H,1-3H2/t4-/m1/s1. The molecule has 1 rings (SSSR count). The Kier molecular flexibility index (Phi) is 1.37. The SMILES string of the molecule is O[C@@H]1CCSC1. The van der Waals surface area contributed by atoms with Gasteiger partial charge in [0.25, 0.3) is 0 Å². The highest BCUT2D eigenvalue weighted by atomic mass is 32.2. The molecule has 0 aliphatic carbocycles. The van der Waals surface area contributed by atoms with Crippen LogP contribution < -0.4 is 0 Å². The van der Waals surface area contributed by atoms with E-state index < -0.39 is 0 Å². The normalized spacial score (nSPS) is 34.5. The Morgan fingerprint density at radius 3 is 2.67 bits per heavy atom. The first-order valence-corrected chi connectivity index (χ1v) is 3.31. The van der Waals surface area contributed by atoms with Crippen molar-refractivity contribution >= 4 is 11.8 Å². The molecule has 0 radical (unpaired) electrons. The maximum Gasteiger partial charge on any atom is 0.0638 e. The van der Waals surface area contributed by atoms with Crippen molar-refractivity contribution in [3.8, 4) is 0 Å². The Labute approximate surface area is 41.7 Å². The first-order valence-electron chi connectivity index (χ1n) is 2.15. The zero-order chi connectivity index (χ0) is 4.41. The number of aliphatic hydroxyl groups is 1. The molecule has 1 heterocycles. The molecule has 6 heavy (non-hydrogen) atoms. The Hall–Kier alpha value is 0.310. The zero-order valence-electron chi connectivity index (χ0n) is 3.55. The van der Waals surface area contributed by atoms with Gasteiger partial charge in [0.1, 0.15) is 0 Å². The highest BCUT2D eigenvalue weighted by Gasteiger charge is 2.09. The Morgan fingerprint density at radius 2 is 2.50 bits per heavy atom. The van der Waals surface area contributed by atoms with Crippen LogP contribution in [0, 0.1) is 0 Å². The van der Waals surface area contributed by atoms with Gasteiger partial charge >= 0.3 is 0 Å². The summed E-state index contributed by atoms with van der Waals surface area (Å²) in [5.41, 5.74) is 0. The summed E-state index contributed by atoms with van der Waals surface area (Å²) in [6.45, 7) is 0. The molecule has 0 aromatic carbocycles. The Morgan fingerprint density at radius 1 is 1.67 bits per heavy atom. The number of hydrogen-bond acceptors (Lipinski definition) is 2. The monoisotopic (exact) mass is 104 g/mol. The van der Waals surface area contributed by atoms with Crippen molar-refractivity contribution in [2.75, 3.05) is 11.5 Å². The lowest BCUT2D eigenvalue weighted by Crippen LogP contribution is -2.00. The molecule has 36 valence electrons. The third kappa shape index (κ3) is 0.884. The van der Waals surface area contributed by atoms with Crippen molar-refractivity contribution in [3.05, 3.63) is 0 Å². The quantitative estimate of drug-likeness (QED) is 0.482. The molecule has 0 saturated carbocycles. The second-order valence-electron chi connectivity index (χ2n) is 1.52. The van der Waals surface area contributed by atoms with Crippen molar-refractivity contribution in [2.45, 2.75) is 12.5 Å². The molecular formula is C4H8OS. The lowest BCUT2D eigenvalue weighted by atomic mass is 10.3. The molecule has 0 amide bonds. The molecule has 1 aliphatic heterocycles. The van der Waals surface area contributed by atoms with Crippen LogP contribution in [0.3, 0.4) is 0 Å². The average molecular weight is 104 g/mol. The summed E-state index contributed by atoms with van der Waals surface area (Å²) >= 11 is 1.83. The van der Waals surface area contributed by atoms with Crippen LogP contribution in [0.1, 0.15) is 6.42 Å². The van der Waals surface area contributed by atoms with E-state index in [9.17, 15) is 0 Å². The van der Waals surface area contributed by atoms with Crippen molar-refractivity contribution in [1.82, 2.24) is 0 Å². The highest BCUT2D eigenvalue weighted by molar-refractivity contribution is 7.99. The van der Waals surface area contributed by atoms with Gasteiger partial charge in [-0.3, -0.25) is 0 Å². The molecule has 0 aromatic heterocycles. The highest BCUT2D eigenvalue weighted by Crippen LogP contribution is 2.15. The van der Waals surface area contributed by atoms with Crippen LogP contribution >= 0.6 is 11.8 Å². The number of rotatable bonds is 0. The maximum atomic E-state index is 8.71.